The summed E-state index contributed by atoms with van der Waals surface area (Å²) < 4.78 is 10.9. The van der Waals surface area contributed by atoms with Crippen molar-refractivity contribution < 1.29 is 13.9 Å². The standard InChI is InChI=1S/C17H18ClNO3/c1-21-11-12-5-4-10-19(12)17(20)16-9-8-15(22-16)13-6-2-3-7-14(13)18/h2-3,6-9,12H,4-5,10-11H2,1H3/t12-/m0/s1. The molecule has 1 amide bonds. The molecule has 1 aliphatic rings. The minimum Gasteiger partial charge on any atom is -0.451 e. The smallest absolute Gasteiger partial charge is 0.289 e. The SMILES string of the molecule is COC[C@@H]1CCCN1C(=O)c1ccc(-c2ccccc2Cl)o1. The van der Waals surface area contributed by atoms with Gasteiger partial charge >= 0.3 is 0 Å². The van der Waals surface area contributed by atoms with Crippen LogP contribution in [0, 0.1) is 0 Å². The number of methoxy groups -OCH3 is 1. The molecule has 0 bridgehead atoms. The van der Waals surface area contributed by atoms with Crippen LogP contribution in [0.4, 0.5) is 0 Å². The van der Waals surface area contributed by atoms with Gasteiger partial charge in [0.05, 0.1) is 17.7 Å². The van der Waals surface area contributed by atoms with Gasteiger partial charge in [0.2, 0.25) is 0 Å². The summed E-state index contributed by atoms with van der Waals surface area (Å²) in [7, 11) is 1.66. The highest BCUT2D eigenvalue weighted by molar-refractivity contribution is 6.33. The van der Waals surface area contributed by atoms with E-state index in [1.165, 1.54) is 0 Å². The van der Waals surface area contributed by atoms with Crippen LogP contribution < -0.4 is 0 Å². The van der Waals surface area contributed by atoms with Gasteiger partial charge in [-0.25, -0.2) is 0 Å². The van der Waals surface area contributed by atoms with Crippen LogP contribution in [0.2, 0.25) is 5.02 Å². The number of benzene rings is 1. The lowest BCUT2D eigenvalue weighted by Gasteiger charge is -2.22. The Morgan fingerprint density at radius 1 is 1.36 bits per heavy atom. The average Bonchev–Trinajstić information content (AvgIpc) is 3.17. The highest BCUT2D eigenvalue weighted by atomic mass is 35.5. The number of carbonyl (C=O) groups is 1. The highest BCUT2D eigenvalue weighted by Crippen LogP contribution is 2.30. The van der Waals surface area contributed by atoms with Crippen molar-refractivity contribution in [2.45, 2.75) is 18.9 Å². The first-order valence-electron chi connectivity index (χ1n) is 7.35. The molecule has 2 aromatic rings. The molecule has 2 heterocycles. The summed E-state index contributed by atoms with van der Waals surface area (Å²) in [6.45, 7) is 1.30. The first-order valence-corrected chi connectivity index (χ1v) is 7.73. The summed E-state index contributed by atoms with van der Waals surface area (Å²) in [5, 5.41) is 0.606. The molecule has 0 aliphatic carbocycles. The van der Waals surface area contributed by atoms with E-state index < -0.39 is 0 Å². The normalized spacial score (nSPS) is 17.9. The van der Waals surface area contributed by atoms with E-state index in [2.05, 4.69) is 0 Å². The second-order valence-corrected chi connectivity index (χ2v) is 5.80. The number of halogens is 1. The molecule has 1 aromatic heterocycles. The number of ether oxygens (including phenoxy) is 1. The Kier molecular flexibility index (Phi) is 4.50. The van der Waals surface area contributed by atoms with Gasteiger partial charge in [-0.1, -0.05) is 23.7 Å². The molecular formula is C17H18ClNO3. The maximum atomic E-state index is 12.6. The maximum absolute atomic E-state index is 12.6. The van der Waals surface area contributed by atoms with Gasteiger partial charge in [0.15, 0.2) is 5.76 Å². The molecule has 1 saturated heterocycles. The topological polar surface area (TPSA) is 42.7 Å². The lowest BCUT2D eigenvalue weighted by Crippen LogP contribution is -2.37. The number of nitrogens with zero attached hydrogens (tertiary/aromatic N) is 1. The van der Waals surface area contributed by atoms with E-state index in [0.29, 0.717) is 23.2 Å². The van der Waals surface area contributed by atoms with Crippen LogP contribution in [0.3, 0.4) is 0 Å². The number of amides is 1. The van der Waals surface area contributed by atoms with Gasteiger partial charge in [-0.05, 0) is 37.1 Å². The molecule has 22 heavy (non-hydrogen) atoms. The van der Waals surface area contributed by atoms with Gasteiger partial charge in [0, 0.05) is 19.2 Å². The molecule has 0 spiro atoms. The van der Waals surface area contributed by atoms with Crippen LogP contribution >= 0.6 is 11.6 Å². The van der Waals surface area contributed by atoms with E-state index in [-0.39, 0.29) is 11.9 Å². The Bertz CT molecular complexity index is 667. The predicted molar refractivity (Wildman–Crippen MR) is 85.1 cm³/mol. The molecular weight excluding hydrogens is 302 g/mol. The third-order valence-corrected chi connectivity index (χ3v) is 4.28. The average molecular weight is 320 g/mol. The third-order valence-electron chi connectivity index (χ3n) is 3.95. The zero-order valence-corrected chi connectivity index (χ0v) is 13.2. The Morgan fingerprint density at radius 3 is 2.95 bits per heavy atom. The Balaban J connectivity index is 1.82. The summed E-state index contributed by atoms with van der Waals surface area (Å²) in [5.74, 6) is 0.868. The zero-order valence-electron chi connectivity index (χ0n) is 12.4. The molecule has 0 saturated carbocycles. The van der Waals surface area contributed by atoms with Crippen LogP contribution in [-0.4, -0.2) is 37.1 Å². The van der Waals surface area contributed by atoms with Crippen molar-refractivity contribution in [1.29, 1.82) is 0 Å². The van der Waals surface area contributed by atoms with Crippen LogP contribution in [0.1, 0.15) is 23.4 Å². The number of rotatable bonds is 4. The van der Waals surface area contributed by atoms with Gasteiger partial charge in [-0.2, -0.15) is 0 Å². The van der Waals surface area contributed by atoms with Crippen molar-refractivity contribution in [3.63, 3.8) is 0 Å². The van der Waals surface area contributed by atoms with Crippen LogP contribution in [0.25, 0.3) is 11.3 Å². The fourth-order valence-electron chi connectivity index (χ4n) is 2.87. The number of likely N-dealkylation sites (tertiary alicyclic amines) is 1. The summed E-state index contributed by atoms with van der Waals surface area (Å²) in [6, 6.07) is 11.1. The molecule has 4 nitrogen and oxygen atoms in total. The second-order valence-electron chi connectivity index (χ2n) is 5.39. The quantitative estimate of drug-likeness (QED) is 0.859. The van der Waals surface area contributed by atoms with Crippen molar-refractivity contribution in [3.05, 3.63) is 47.2 Å². The van der Waals surface area contributed by atoms with Gasteiger partial charge in [0.25, 0.3) is 5.91 Å². The van der Waals surface area contributed by atoms with Crippen molar-refractivity contribution >= 4 is 17.5 Å². The van der Waals surface area contributed by atoms with Gasteiger partial charge in [-0.3, -0.25) is 4.79 Å². The summed E-state index contributed by atoms with van der Waals surface area (Å²) >= 11 is 6.17. The zero-order chi connectivity index (χ0) is 15.5. The van der Waals surface area contributed by atoms with Crippen LogP contribution in [-0.2, 0) is 4.74 Å². The van der Waals surface area contributed by atoms with Gasteiger partial charge < -0.3 is 14.1 Å². The van der Waals surface area contributed by atoms with E-state index in [0.717, 1.165) is 24.9 Å². The summed E-state index contributed by atoms with van der Waals surface area (Å²) in [4.78, 5) is 14.4. The van der Waals surface area contributed by atoms with E-state index in [1.807, 2.05) is 23.1 Å². The maximum Gasteiger partial charge on any atom is 0.289 e. The Hall–Kier alpha value is -1.78. The van der Waals surface area contributed by atoms with E-state index in [4.69, 9.17) is 20.8 Å². The first-order chi connectivity index (χ1) is 10.7. The molecule has 0 N–H and O–H groups in total. The molecule has 1 atom stereocenters. The Morgan fingerprint density at radius 2 is 2.18 bits per heavy atom. The monoisotopic (exact) mass is 319 g/mol. The molecule has 3 rings (SSSR count). The summed E-state index contributed by atoms with van der Waals surface area (Å²) in [6.07, 6.45) is 1.97. The third kappa shape index (κ3) is 2.89. The number of carbonyl (C=O) groups excluding carboxylic acids is 1. The fraction of sp³-hybridized carbons (Fsp3) is 0.353. The molecule has 1 aliphatic heterocycles. The molecule has 0 unspecified atom stereocenters. The van der Waals surface area contributed by atoms with Crippen LogP contribution in [0.5, 0.6) is 0 Å². The van der Waals surface area contributed by atoms with Gasteiger partial charge in [0.1, 0.15) is 5.76 Å². The summed E-state index contributed by atoms with van der Waals surface area (Å²) in [5.41, 5.74) is 0.790. The number of furan rings is 1. The lowest BCUT2D eigenvalue weighted by molar-refractivity contribution is 0.0601. The largest absolute Gasteiger partial charge is 0.451 e. The number of hydrogen-bond donors (Lipinski definition) is 0. The fourth-order valence-corrected chi connectivity index (χ4v) is 3.10. The highest BCUT2D eigenvalue weighted by Gasteiger charge is 2.31. The van der Waals surface area contributed by atoms with Crippen LogP contribution in [0.15, 0.2) is 40.8 Å². The van der Waals surface area contributed by atoms with E-state index in [1.54, 1.807) is 25.3 Å². The molecule has 1 fully saturated rings. The second kappa shape index (κ2) is 6.55. The van der Waals surface area contributed by atoms with E-state index >= 15 is 0 Å². The van der Waals surface area contributed by atoms with Gasteiger partial charge in [-0.15, -0.1) is 0 Å². The van der Waals surface area contributed by atoms with Crippen molar-refractivity contribution in [2.75, 3.05) is 20.3 Å². The minimum atomic E-state index is -0.0853. The first kappa shape index (κ1) is 15.1. The molecule has 5 heteroatoms. The number of hydrogen-bond acceptors (Lipinski definition) is 3. The van der Waals surface area contributed by atoms with Crippen molar-refractivity contribution in [1.82, 2.24) is 4.90 Å². The molecule has 1 aromatic carbocycles. The minimum absolute atomic E-state index is 0.0853. The van der Waals surface area contributed by atoms with Crippen molar-refractivity contribution in [2.24, 2.45) is 0 Å². The lowest BCUT2D eigenvalue weighted by atomic mass is 10.2. The molecule has 0 radical (unpaired) electrons. The predicted octanol–water partition coefficient (Wildman–Crippen LogP) is 3.85. The molecule has 116 valence electrons. The van der Waals surface area contributed by atoms with Crippen molar-refractivity contribution in [3.8, 4) is 11.3 Å². The van der Waals surface area contributed by atoms with E-state index in [9.17, 15) is 4.79 Å². The Labute approximate surface area is 134 Å².